The second-order valence-electron chi connectivity index (χ2n) is 9.09. The number of hydrogen-bond acceptors (Lipinski definition) is 2. The van der Waals surface area contributed by atoms with E-state index in [2.05, 4.69) is 126 Å². The highest BCUT2D eigenvalue weighted by molar-refractivity contribution is 9.10. The fourth-order valence-corrected chi connectivity index (χ4v) is 5.42. The van der Waals surface area contributed by atoms with Gasteiger partial charge in [-0.25, -0.2) is 4.99 Å². The molecule has 0 saturated heterocycles. The lowest BCUT2D eigenvalue weighted by Gasteiger charge is -2.43. The SMILES string of the molecule is CC12N=C(c3ccc(Br)cc3)OC1(c1ccccc1)C=C(c1ccccc1)C=C2c1ccccc1. The molecule has 1 aliphatic heterocycles. The molecular formula is C32H24BrNO. The number of allylic oxidation sites excluding steroid dienone is 2. The smallest absolute Gasteiger partial charge is 0.218 e. The van der Waals surface area contributed by atoms with Gasteiger partial charge in [0.2, 0.25) is 5.90 Å². The van der Waals surface area contributed by atoms with E-state index >= 15 is 0 Å². The van der Waals surface area contributed by atoms with Gasteiger partial charge in [0, 0.05) is 15.6 Å². The number of halogens is 1. The quantitative estimate of drug-likeness (QED) is 0.268. The van der Waals surface area contributed by atoms with Gasteiger partial charge in [-0.1, -0.05) is 107 Å². The number of aliphatic imine (C=N–C) groups is 1. The molecular weight excluding hydrogens is 494 g/mol. The molecule has 2 aliphatic rings. The predicted molar refractivity (Wildman–Crippen MR) is 147 cm³/mol. The molecule has 0 spiro atoms. The number of nitrogens with zero attached hydrogens (tertiary/aromatic N) is 1. The van der Waals surface area contributed by atoms with Crippen molar-refractivity contribution in [3.8, 4) is 0 Å². The third kappa shape index (κ3) is 3.59. The Labute approximate surface area is 214 Å². The van der Waals surface area contributed by atoms with Gasteiger partial charge in [0.25, 0.3) is 0 Å². The summed E-state index contributed by atoms with van der Waals surface area (Å²) in [6.07, 6.45) is 4.54. The number of rotatable bonds is 4. The predicted octanol–water partition coefficient (Wildman–Crippen LogP) is 8.06. The zero-order valence-corrected chi connectivity index (χ0v) is 20.9. The minimum Gasteiger partial charge on any atom is -0.459 e. The minimum absolute atomic E-state index is 0.649. The third-order valence-corrected chi connectivity index (χ3v) is 7.50. The van der Waals surface area contributed by atoms with Gasteiger partial charge in [0.05, 0.1) is 0 Å². The van der Waals surface area contributed by atoms with Crippen LogP contribution in [0.2, 0.25) is 0 Å². The number of fused-ring (bicyclic) bond motifs is 1. The molecule has 0 saturated carbocycles. The van der Waals surface area contributed by atoms with Crippen molar-refractivity contribution in [2.24, 2.45) is 4.99 Å². The summed E-state index contributed by atoms with van der Waals surface area (Å²) < 4.78 is 8.01. The van der Waals surface area contributed by atoms with Crippen molar-refractivity contribution in [2.75, 3.05) is 0 Å². The van der Waals surface area contributed by atoms with Crippen molar-refractivity contribution in [2.45, 2.75) is 18.1 Å². The molecule has 0 amide bonds. The van der Waals surface area contributed by atoms with Crippen LogP contribution >= 0.6 is 15.9 Å². The molecule has 0 radical (unpaired) electrons. The van der Waals surface area contributed by atoms with Gasteiger partial charge < -0.3 is 4.74 Å². The van der Waals surface area contributed by atoms with Crippen LogP contribution < -0.4 is 0 Å². The Kier molecular flexibility index (Phi) is 5.31. The van der Waals surface area contributed by atoms with Crippen LogP contribution in [0.25, 0.3) is 11.1 Å². The van der Waals surface area contributed by atoms with Gasteiger partial charge in [0.1, 0.15) is 5.54 Å². The van der Waals surface area contributed by atoms with Gasteiger partial charge in [-0.3, -0.25) is 0 Å². The monoisotopic (exact) mass is 517 g/mol. The summed E-state index contributed by atoms with van der Waals surface area (Å²) in [5, 5.41) is 0. The lowest BCUT2D eigenvalue weighted by atomic mass is 9.66. The number of hydrogen-bond donors (Lipinski definition) is 0. The molecule has 35 heavy (non-hydrogen) atoms. The summed E-state index contributed by atoms with van der Waals surface area (Å²) in [5.41, 5.74) is 5.11. The third-order valence-electron chi connectivity index (χ3n) is 6.97. The molecule has 4 aromatic carbocycles. The van der Waals surface area contributed by atoms with E-state index in [-0.39, 0.29) is 0 Å². The fraction of sp³-hybridized carbons (Fsp3) is 0.0938. The summed E-state index contributed by atoms with van der Waals surface area (Å²) >= 11 is 3.55. The number of ether oxygens (including phenoxy) is 1. The maximum atomic E-state index is 6.99. The van der Waals surface area contributed by atoms with Gasteiger partial charge in [-0.2, -0.15) is 0 Å². The molecule has 0 fully saturated rings. The summed E-state index contributed by atoms with van der Waals surface area (Å²) in [6, 6.07) is 39.7. The highest BCUT2D eigenvalue weighted by atomic mass is 79.9. The molecule has 2 atom stereocenters. The van der Waals surface area contributed by atoms with Crippen molar-refractivity contribution in [1.29, 1.82) is 0 Å². The normalized spacial score (nSPS) is 23.0. The second-order valence-corrected chi connectivity index (χ2v) is 10.0. The van der Waals surface area contributed by atoms with E-state index in [1.165, 1.54) is 0 Å². The molecule has 1 aliphatic carbocycles. The van der Waals surface area contributed by atoms with Crippen molar-refractivity contribution >= 4 is 33.0 Å². The molecule has 0 N–H and O–H groups in total. The Balaban J connectivity index is 1.64. The molecule has 2 nitrogen and oxygen atoms in total. The van der Waals surface area contributed by atoms with Crippen LogP contribution in [0.5, 0.6) is 0 Å². The van der Waals surface area contributed by atoms with Crippen LogP contribution in [0.3, 0.4) is 0 Å². The lowest BCUT2D eigenvalue weighted by Crippen LogP contribution is -2.47. The molecule has 1 heterocycles. The largest absolute Gasteiger partial charge is 0.459 e. The van der Waals surface area contributed by atoms with Crippen LogP contribution in [0, 0.1) is 0 Å². The van der Waals surface area contributed by atoms with E-state index in [4.69, 9.17) is 9.73 Å². The highest BCUT2D eigenvalue weighted by Gasteiger charge is 2.59. The van der Waals surface area contributed by atoms with Gasteiger partial charge in [0.15, 0.2) is 5.60 Å². The number of benzene rings is 4. The molecule has 170 valence electrons. The zero-order chi connectivity index (χ0) is 23.9. The Bertz CT molecular complexity index is 1460. The average molecular weight is 518 g/mol. The molecule has 2 unspecified atom stereocenters. The van der Waals surface area contributed by atoms with E-state index in [9.17, 15) is 0 Å². The van der Waals surface area contributed by atoms with Crippen LogP contribution in [0.4, 0.5) is 0 Å². The molecule has 6 rings (SSSR count). The first-order chi connectivity index (χ1) is 17.1. The Hall–Kier alpha value is -3.69. The van der Waals surface area contributed by atoms with Crippen LogP contribution in [0.15, 0.2) is 137 Å². The van der Waals surface area contributed by atoms with Crippen molar-refractivity contribution in [1.82, 2.24) is 0 Å². The Morgan fingerprint density at radius 1 is 0.657 bits per heavy atom. The molecule has 0 aromatic heterocycles. The standard InChI is InChI=1S/C32H24BrNO/c1-31-29(24-13-7-3-8-14-24)21-26(23-11-5-2-6-12-23)22-32(31,27-15-9-4-10-16-27)35-30(34-31)25-17-19-28(33)20-18-25/h2-22H,1H3. The first kappa shape index (κ1) is 21.8. The molecule has 0 bridgehead atoms. The van der Waals surface area contributed by atoms with E-state index < -0.39 is 11.1 Å². The maximum Gasteiger partial charge on any atom is 0.218 e. The van der Waals surface area contributed by atoms with Crippen LogP contribution in [0.1, 0.15) is 29.2 Å². The summed E-state index contributed by atoms with van der Waals surface area (Å²) in [5.74, 6) is 0.649. The van der Waals surface area contributed by atoms with E-state index in [0.29, 0.717) is 5.90 Å². The van der Waals surface area contributed by atoms with E-state index in [1.54, 1.807) is 0 Å². The minimum atomic E-state index is -0.804. The second kappa shape index (κ2) is 8.51. The van der Waals surface area contributed by atoms with Crippen LogP contribution in [-0.4, -0.2) is 11.4 Å². The van der Waals surface area contributed by atoms with Gasteiger partial charge in [-0.05, 0) is 65.6 Å². The van der Waals surface area contributed by atoms with E-state index in [1.807, 2.05) is 24.3 Å². The van der Waals surface area contributed by atoms with Gasteiger partial charge in [-0.15, -0.1) is 0 Å². The van der Waals surface area contributed by atoms with Crippen molar-refractivity contribution in [3.63, 3.8) is 0 Å². The highest BCUT2D eigenvalue weighted by Crippen LogP contribution is 2.56. The van der Waals surface area contributed by atoms with Gasteiger partial charge >= 0.3 is 0 Å². The summed E-state index contributed by atoms with van der Waals surface area (Å²) in [6.45, 7) is 2.20. The maximum absolute atomic E-state index is 6.99. The average Bonchev–Trinajstić information content (AvgIpc) is 3.24. The van der Waals surface area contributed by atoms with E-state index in [0.717, 1.165) is 37.9 Å². The fourth-order valence-electron chi connectivity index (χ4n) is 5.15. The first-order valence-corrected chi connectivity index (χ1v) is 12.5. The summed E-state index contributed by atoms with van der Waals surface area (Å²) in [4.78, 5) is 5.34. The van der Waals surface area contributed by atoms with Crippen LogP contribution in [-0.2, 0) is 10.3 Å². The summed E-state index contributed by atoms with van der Waals surface area (Å²) in [7, 11) is 0. The van der Waals surface area contributed by atoms with Crippen molar-refractivity contribution < 1.29 is 4.74 Å². The molecule has 3 heteroatoms. The Morgan fingerprint density at radius 2 is 1.23 bits per heavy atom. The zero-order valence-electron chi connectivity index (χ0n) is 19.4. The first-order valence-electron chi connectivity index (χ1n) is 11.8. The Morgan fingerprint density at radius 3 is 1.86 bits per heavy atom. The lowest BCUT2D eigenvalue weighted by molar-refractivity contribution is 0.0868. The topological polar surface area (TPSA) is 21.6 Å². The van der Waals surface area contributed by atoms with Crippen molar-refractivity contribution in [3.05, 3.63) is 154 Å². The molecule has 4 aromatic rings.